The third-order valence-corrected chi connectivity index (χ3v) is 7.58. The molecular formula is C25H24F8N4O6S2. The van der Waals surface area contributed by atoms with Crippen molar-refractivity contribution in [2.45, 2.75) is 36.2 Å². The van der Waals surface area contributed by atoms with Gasteiger partial charge < -0.3 is 19.9 Å². The number of carboxylic acids is 1. The third kappa shape index (κ3) is 11.6. The molecule has 1 aliphatic rings. The number of alkyl halides is 8. The summed E-state index contributed by atoms with van der Waals surface area (Å²) in [5.41, 5.74) is 0.931. The van der Waals surface area contributed by atoms with E-state index in [1.807, 2.05) is 4.90 Å². The molecule has 1 fully saturated rings. The van der Waals surface area contributed by atoms with Gasteiger partial charge >= 0.3 is 18.5 Å². The lowest BCUT2D eigenvalue weighted by molar-refractivity contribution is -0.274. The van der Waals surface area contributed by atoms with Crippen molar-refractivity contribution in [3.05, 3.63) is 47.8 Å². The second-order valence-corrected chi connectivity index (χ2v) is 11.7. The molecule has 3 aromatic rings. The van der Waals surface area contributed by atoms with E-state index in [4.69, 9.17) is 19.8 Å². The zero-order chi connectivity index (χ0) is 33.6. The third-order valence-electron chi connectivity index (χ3n) is 5.91. The Morgan fingerprint density at radius 3 is 2.20 bits per heavy atom. The Morgan fingerprint density at radius 2 is 1.67 bits per heavy atom. The number of carboxylic acid groups (broad SMARTS) is 1. The van der Waals surface area contributed by atoms with Gasteiger partial charge in [0.15, 0.2) is 10.9 Å². The van der Waals surface area contributed by atoms with E-state index >= 15 is 0 Å². The highest BCUT2D eigenvalue weighted by atomic mass is 32.2. The van der Waals surface area contributed by atoms with E-state index in [1.54, 1.807) is 29.6 Å². The van der Waals surface area contributed by atoms with Crippen molar-refractivity contribution < 1.29 is 62.9 Å². The van der Waals surface area contributed by atoms with Crippen molar-refractivity contribution >= 4 is 38.1 Å². The summed E-state index contributed by atoms with van der Waals surface area (Å²) in [6.07, 6.45) is -10.4. The van der Waals surface area contributed by atoms with Crippen molar-refractivity contribution in [3.63, 3.8) is 0 Å². The number of benzene rings is 2. The Bertz CT molecular complexity index is 1550. The number of aromatic nitrogens is 1. The Kier molecular flexibility index (Phi) is 11.2. The molecule has 0 amide bonds. The summed E-state index contributed by atoms with van der Waals surface area (Å²) in [5.74, 6) is -5.42. The summed E-state index contributed by atoms with van der Waals surface area (Å²) in [7, 11) is -4.18. The molecule has 248 valence electrons. The van der Waals surface area contributed by atoms with Crippen molar-refractivity contribution in [1.82, 2.24) is 9.88 Å². The van der Waals surface area contributed by atoms with Gasteiger partial charge in [-0.25, -0.2) is 32.1 Å². The van der Waals surface area contributed by atoms with E-state index < -0.39 is 45.1 Å². The number of rotatable bonds is 9. The van der Waals surface area contributed by atoms with Crippen LogP contribution < -0.4 is 19.9 Å². The molecule has 1 aromatic heterocycles. The zero-order valence-electron chi connectivity index (χ0n) is 22.7. The molecule has 0 radical (unpaired) electrons. The summed E-state index contributed by atoms with van der Waals surface area (Å²) in [5, 5.41) is 16.7. The number of nitrogens with one attached hydrogen (secondary N) is 1. The van der Waals surface area contributed by atoms with Crippen LogP contribution in [0.25, 0.3) is 11.3 Å². The molecule has 1 aliphatic heterocycles. The van der Waals surface area contributed by atoms with E-state index in [0.717, 1.165) is 29.5 Å². The summed E-state index contributed by atoms with van der Waals surface area (Å²) >= 11 is 1.08. The minimum atomic E-state index is -5.08. The van der Waals surface area contributed by atoms with Gasteiger partial charge in [0.1, 0.15) is 12.4 Å². The first-order valence-corrected chi connectivity index (χ1v) is 14.9. The van der Waals surface area contributed by atoms with Gasteiger partial charge in [-0.3, -0.25) is 4.90 Å². The lowest BCUT2D eigenvalue weighted by atomic mass is 10.1. The normalized spacial score (nSPS) is 15.5. The number of anilines is 2. The Labute approximate surface area is 254 Å². The number of thiazole rings is 1. The van der Waals surface area contributed by atoms with Crippen molar-refractivity contribution in [2.75, 3.05) is 31.6 Å². The molecule has 4 rings (SSSR count). The summed E-state index contributed by atoms with van der Waals surface area (Å²) in [4.78, 5) is 14.8. The van der Waals surface area contributed by atoms with Crippen LogP contribution in [0.5, 0.6) is 11.5 Å². The molecule has 20 heteroatoms. The van der Waals surface area contributed by atoms with E-state index in [9.17, 15) is 43.5 Å². The first-order valence-electron chi connectivity index (χ1n) is 12.5. The quantitative estimate of drug-likeness (QED) is 0.236. The van der Waals surface area contributed by atoms with Crippen LogP contribution in [0.4, 0.5) is 45.9 Å². The van der Waals surface area contributed by atoms with Gasteiger partial charge in [0.2, 0.25) is 10.0 Å². The number of halogens is 8. The van der Waals surface area contributed by atoms with Crippen LogP contribution in [0.2, 0.25) is 0 Å². The fourth-order valence-corrected chi connectivity index (χ4v) is 4.97. The lowest BCUT2D eigenvalue weighted by Gasteiger charge is -2.31. The Hall–Kier alpha value is -3.75. The lowest BCUT2D eigenvalue weighted by Crippen LogP contribution is -2.41. The smallest absolute Gasteiger partial charge is 0.492 e. The van der Waals surface area contributed by atoms with Crippen LogP contribution in [0.1, 0.15) is 12.8 Å². The molecule has 2 aromatic carbocycles. The first kappa shape index (κ1) is 35.7. The number of primary sulfonamides is 1. The van der Waals surface area contributed by atoms with Crippen LogP contribution in [-0.4, -0.2) is 74.1 Å². The topological polar surface area (TPSA) is 144 Å². The van der Waals surface area contributed by atoms with Crippen LogP contribution in [0.3, 0.4) is 0 Å². The minimum absolute atomic E-state index is 0.152. The van der Waals surface area contributed by atoms with Gasteiger partial charge in [-0.05, 0) is 42.5 Å². The number of sulfonamides is 1. The molecule has 0 bridgehead atoms. The number of nitrogens with two attached hydrogens (primary N) is 1. The molecule has 10 nitrogen and oxygen atoms in total. The van der Waals surface area contributed by atoms with Crippen molar-refractivity contribution in [3.8, 4) is 22.8 Å². The van der Waals surface area contributed by atoms with E-state index in [2.05, 4.69) is 15.0 Å². The van der Waals surface area contributed by atoms with Crippen LogP contribution >= 0.6 is 11.3 Å². The van der Waals surface area contributed by atoms with Gasteiger partial charge in [-0.1, -0.05) is 0 Å². The molecule has 0 aliphatic carbocycles. The average molecular weight is 693 g/mol. The standard InChI is InChI=1S/C23H23F5N4O4S2.C2HF3O2/c24-22(25)7-9-32(10-8-22)11-12-35-16-3-1-15(2-4-16)19-14-37-21(31-19)30-18-13-17(38(29,33)34)5-6-20(18)36-23(26,27)28;3-2(4,5)1(6)7/h1-6,13-14H,7-12H2,(H,30,31)(H2,29,33,34);(H,6,7). The minimum Gasteiger partial charge on any atom is -0.492 e. The van der Waals surface area contributed by atoms with Crippen LogP contribution in [-0.2, 0) is 14.8 Å². The van der Waals surface area contributed by atoms with E-state index in [-0.39, 0.29) is 23.7 Å². The molecule has 0 unspecified atom stereocenters. The summed E-state index contributed by atoms with van der Waals surface area (Å²) < 4.78 is 130. The number of ether oxygens (including phenoxy) is 2. The highest BCUT2D eigenvalue weighted by molar-refractivity contribution is 7.89. The van der Waals surface area contributed by atoms with E-state index in [1.165, 1.54) is 0 Å². The predicted octanol–water partition coefficient (Wildman–Crippen LogP) is 5.84. The number of aliphatic carboxylic acids is 1. The van der Waals surface area contributed by atoms with E-state index in [0.29, 0.717) is 43.2 Å². The summed E-state index contributed by atoms with van der Waals surface area (Å²) in [6.45, 7) is 1.53. The molecule has 0 atom stereocenters. The molecule has 45 heavy (non-hydrogen) atoms. The first-order chi connectivity index (χ1) is 20.7. The monoisotopic (exact) mass is 692 g/mol. The highest BCUT2D eigenvalue weighted by Crippen LogP contribution is 2.36. The average Bonchev–Trinajstić information content (AvgIpc) is 3.38. The largest absolute Gasteiger partial charge is 0.573 e. The second-order valence-electron chi connectivity index (χ2n) is 9.29. The van der Waals surface area contributed by atoms with Gasteiger partial charge in [0, 0.05) is 43.4 Å². The van der Waals surface area contributed by atoms with Gasteiger partial charge in [0.05, 0.1) is 16.3 Å². The molecule has 0 spiro atoms. The van der Waals surface area contributed by atoms with Gasteiger partial charge in [-0.2, -0.15) is 13.2 Å². The van der Waals surface area contributed by atoms with Crippen molar-refractivity contribution in [1.29, 1.82) is 0 Å². The van der Waals surface area contributed by atoms with Gasteiger partial charge in [0.25, 0.3) is 5.92 Å². The van der Waals surface area contributed by atoms with Gasteiger partial charge in [-0.15, -0.1) is 24.5 Å². The number of piperidine rings is 1. The SMILES string of the molecule is NS(=O)(=O)c1ccc(OC(F)(F)F)c(Nc2nc(-c3ccc(OCCN4CCC(F)(F)CC4)cc3)cs2)c1.O=C(O)C(F)(F)F. The number of likely N-dealkylation sites (tertiary alicyclic amines) is 1. The van der Waals surface area contributed by atoms with Crippen LogP contribution in [0.15, 0.2) is 52.7 Å². The maximum absolute atomic E-state index is 13.2. The maximum atomic E-state index is 13.2. The number of hydrogen-bond acceptors (Lipinski definition) is 9. The summed E-state index contributed by atoms with van der Waals surface area (Å²) in [6, 6.07) is 9.62. The molecule has 0 saturated carbocycles. The number of carbonyl (C=O) groups is 1. The fourth-order valence-electron chi connectivity index (χ4n) is 3.69. The Morgan fingerprint density at radius 1 is 1.07 bits per heavy atom. The zero-order valence-corrected chi connectivity index (χ0v) is 24.3. The number of nitrogens with zero attached hydrogens (tertiary/aromatic N) is 2. The highest BCUT2D eigenvalue weighted by Gasteiger charge is 2.38. The van der Waals surface area contributed by atoms with Crippen LogP contribution in [0, 0.1) is 0 Å². The molecule has 2 heterocycles. The fraction of sp³-hybridized carbons (Fsp3) is 0.360. The Balaban J connectivity index is 0.000000707. The number of hydrogen-bond donors (Lipinski definition) is 3. The molecule has 1 saturated heterocycles. The molecule has 4 N–H and O–H groups in total. The van der Waals surface area contributed by atoms with Crippen molar-refractivity contribution in [2.24, 2.45) is 5.14 Å². The molecular weight excluding hydrogens is 668 g/mol. The second kappa shape index (κ2) is 14.1. The predicted molar refractivity (Wildman–Crippen MR) is 145 cm³/mol. The maximum Gasteiger partial charge on any atom is 0.573 e.